The maximum Gasteiger partial charge on any atom is 0.191 e. The summed E-state index contributed by atoms with van der Waals surface area (Å²) in [6, 6.07) is 11.0. The Bertz CT molecular complexity index is 694. The number of benzene rings is 1. The summed E-state index contributed by atoms with van der Waals surface area (Å²) in [5, 5.41) is 11.1. The summed E-state index contributed by atoms with van der Waals surface area (Å²) in [5.41, 5.74) is 2.62. The number of guanidine groups is 1. The van der Waals surface area contributed by atoms with Gasteiger partial charge in [-0.1, -0.05) is 12.1 Å². The molecule has 1 unspecified atom stereocenters. The molecule has 0 spiro atoms. The second-order valence-electron chi connectivity index (χ2n) is 6.78. The molecule has 2 N–H and O–H groups in total. The first kappa shape index (κ1) is 21.5. The third-order valence-electron chi connectivity index (χ3n) is 4.83. The SMILES string of the molecule is CN=C(NCCCn1cccn1)NC(C)c1cccc(N2CCCC2)c1.I. The van der Waals surface area contributed by atoms with E-state index in [1.807, 2.05) is 30.2 Å². The topological polar surface area (TPSA) is 57.5 Å². The van der Waals surface area contributed by atoms with E-state index in [1.54, 1.807) is 0 Å². The zero-order chi connectivity index (χ0) is 18.2. The molecule has 0 bridgehead atoms. The number of aryl methyl sites for hydroxylation is 1. The Balaban J connectivity index is 0.00000261. The van der Waals surface area contributed by atoms with E-state index in [9.17, 15) is 0 Å². The van der Waals surface area contributed by atoms with Gasteiger partial charge < -0.3 is 15.5 Å². The van der Waals surface area contributed by atoms with Gasteiger partial charge in [0.05, 0.1) is 6.04 Å². The van der Waals surface area contributed by atoms with Gasteiger partial charge in [-0.15, -0.1) is 24.0 Å². The van der Waals surface area contributed by atoms with Crippen molar-refractivity contribution >= 4 is 35.6 Å². The molecule has 0 amide bonds. The minimum absolute atomic E-state index is 0. The van der Waals surface area contributed by atoms with Crippen LogP contribution in [0.5, 0.6) is 0 Å². The molecule has 0 saturated carbocycles. The molecule has 1 aliphatic heterocycles. The first-order chi connectivity index (χ1) is 12.8. The summed E-state index contributed by atoms with van der Waals surface area (Å²) in [6.45, 7) is 6.29. The Kier molecular flexibility index (Phi) is 8.90. The standard InChI is InChI=1S/C20H30N6.HI/c1-17(18-8-5-9-19(16-18)25-12-3-4-13-25)24-20(21-2)22-10-6-14-26-15-7-11-23-26;/h5,7-9,11,15-17H,3-4,6,10,12-14H2,1-2H3,(H2,21,22,24);1H. The second-order valence-corrected chi connectivity index (χ2v) is 6.78. The van der Waals surface area contributed by atoms with Gasteiger partial charge in [0.15, 0.2) is 5.96 Å². The molecule has 1 saturated heterocycles. The average Bonchev–Trinajstić information content (AvgIpc) is 3.38. The third-order valence-corrected chi connectivity index (χ3v) is 4.83. The fourth-order valence-corrected chi connectivity index (χ4v) is 3.33. The normalized spacial score (nSPS) is 15.3. The van der Waals surface area contributed by atoms with Gasteiger partial charge >= 0.3 is 0 Å². The van der Waals surface area contributed by atoms with Crippen LogP contribution in [-0.4, -0.2) is 42.4 Å². The van der Waals surface area contributed by atoms with Crippen molar-refractivity contribution < 1.29 is 0 Å². The lowest BCUT2D eigenvalue weighted by Gasteiger charge is -2.22. The van der Waals surface area contributed by atoms with Crippen LogP contribution in [0.25, 0.3) is 0 Å². The molecule has 1 aliphatic rings. The van der Waals surface area contributed by atoms with Crippen molar-refractivity contribution in [3.8, 4) is 0 Å². The van der Waals surface area contributed by atoms with Crippen molar-refractivity contribution in [2.45, 2.75) is 38.8 Å². The Labute approximate surface area is 179 Å². The molecule has 1 atom stereocenters. The molecule has 6 nitrogen and oxygen atoms in total. The zero-order valence-electron chi connectivity index (χ0n) is 16.3. The van der Waals surface area contributed by atoms with Crippen LogP contribution in [0.4, 0.5) is 5.69 Å². The van der Waals surface area contributed by atoms with Gasteiger partial charge in [-0.3, -0.25) is 9.67 Å². The molecular formula is C20H31IN6. The van der Waals surface area contributed by atoms with Crippen molar-refractivity contribution in [2.24, 2.45) is 4.99 Å². The third kappa shape index (κ3) is 6.41. The van der Waals surface area contributed by atoms with Gasteiger partial charge in [-0.05, 0) is 49.9 Å². The zero-order valence-corrected chi connectivity index (χ0v) is 18.6. The van der Waals surface area contributed by atoms with Crippen LogP contribution in [-0.2, 0) is 6.54 Å². The molecule has 148 valence electrons. The first-order valence-electron chi connectivity index (χ1n) is 9.56. The Morgan fingerprint density at radius 1 is 1.26 bits per heavy atom. The van der Waals surface area contributed by atoms with Crippen molar-refractivity contribution in [1.82, 2.24) is 20.4 Å². The summed E-state index contributed by atoms with van der Waals surface area (Å²) in [4.78, 5) is 6.82. The lowest BCUT2D eigenvalue weighted by molar-refractivity contribution is 0.567. The van der Waals surface area contributed by atoms with E-state index >= 15 is 0 Å². The van der Waals surface area contributed by atoms with Crippen LogP contribution in [0, 0.1) is 0 Å². The van der Waals surface area contributed by atoms with Crippen LogP contribution in [0.2, 0.25) is 0 Å². The van der Waals surface area contributed by atoms with Crippen LogP contribution >= 0.6 is 24.0 Å². The number of hydrogen-bond acceptors (Lipinski definition) is 3. The highest BCUT2D eigenvalue weighted by Crippen LogP contribution is 2.23. The van der Waals surface area contributed by atoms with Crippen molar-refractivity contribution in [3.63, 3.8) is 0 Å². The molecule has 27 heavy (non-hydrogen) atoms. The smallest absolute Gasteiger partial charge is 0.191 e. The maximum atomic E-state index is 4.35. The minimum atomic E-state index is 0. The molecule has 0 radical (unpaired) electrons. The van der Waals surface area contributed by atoms with Crippen LogP contribution in [0.15, 0.2) is 47.7 Å². The summed E-state index contributed by atoms with van der Waals surface area (Å²) in [5.74, 6) is 0.838. The Morgan fingerprint density at radius 3 is 2.78 bits per heavy atom. The van der Waals surface area contributed by atoms with E-state index < -0.39 is 0 Å². The monoisotopic (exact) mass is 482 g/mol. The number of halogens is 1. The molecule has 3 rings (SSSR count). The average molecular weight is 482 g/mol. The largest absolute Gasteiger partial charge is 0.372 e. The molecule has 7 heteroatoms. The molecule has 1 fully saturated rings. The highest BCUT2D eigenvalue weighted by molar-refractivity contribution is 14.0. The van der Waals surface area contributed by atoms with Crippen molar-refractivity contribution in [1.29, 1.82) is 0 Å². The molecule has 2 aromatic rings. The highest BCUT2D eigenvalue weighted by atomic mass is 127. The molecule has 2 heterocycles. The predicted octanol–water partition coefficient (Wildman–Crippen LogP) is 3.42. The van der Waals surface area contributed by atoms with Gasteiger partial charge in [0.25, 0.3) is 0 Å². The minimum Gasteiger partial charge on any atom is -0.372 e. The number of aromatic nitrogens is 2. The van der Waals surface area contributed by atoms with Gasteiger partial charge in [0.1, 0.15) is 0 Å². The maximum absolute atomic E-state index is 4.35. The summed E-state index contributed by atoms with van der Waals surface area (Å²) in [6.07, 6.45) is 7.40. The second kappa shape index (κ2) is 11.2. The predicted molar refractivity (Wildman–Crippen MR) is 123 cm³/mol. The lowest BCUT2D eigenvalue weighted by atomic mass is 10.1. The molecule has 1 aromatic carbocycles. The highest BCUT2D eigenvalue weighted by Gasteiger charge is 2.14. The number of hydrogen-bond donors (Lipinski definition) is 2. The van der Waals surface area contributed by atoms with Gasteiger partial charge in [0, 0.05) is 51.3 Å². The van der Waals surface area contributed by atoms with E-state index in [1.165, 1.54) is 37.2 Å². The van der Waals surface area contributed by atoms with Crippen LogP contribution in [0.1, 0.15) is 37.8 Å². The van der Waals surface area contributed by atoms with E-state index in [0.717, 1.165) is 25.5 Å². The number of nitrogens with one attached hydrogen (secondary N) is 2. The van der Waals surface area contributed by atoms with Crippen molar-refractivity contribution in [2.75, 3.05) is 31.6 Å². The van der Waals surface area contributed by atoms with Crippen molar-refractivity contribution in [3.05, 3.63) is 48.3 Å². The van der Waals surface area contributed by atoms with E-state index in [-0.39, 0.29) is 30.0 Å². The number of rotatable bonds is 7. The summed E-state index contributed by atoms with van der Waals surface area (Å²) in [7, 11) is 1.82. The number of aliphatic imine (C=N–C) groups is 1. The Hall–Kier alpha value is -1.77. The van der Waals surface area contributed by atoms with Crippen LogP contribution in [0.3, 0.4) is 0 Å². The fourth-order valence-electron chi connectivity index (χ4n) is 3.33. The fraction of sp³-hybridized carbons (Fsp3) is 0.500. The molecular weight excluding hydrogens is 451 g/mol. The number of nitrogens with zero attached hydrogens (tertiary/aromatic N) is 4. The number of anilines is 1. The lowest BCUT2D eigenvalue weighted by Crippen LogP contribution is -2.39. The van der Waals surface area contributed by atoms with Gasteiger partial charge in [0.2, 0.25) is 0 Å². The first-order valence-corrected chi connectivity index (χ1v) is 9.56. The van der Waals surface area contributed by atoms with Crippen LogP contribution < -0.4 is 15.5 Å². The molecule has 1 aromatic heterocycles. The van der Waals surface area contributed by atoms with Gasteiger partial charge in [-0.25, -0.2) is 0 Å². The quantitative estimate of drug-likeness (QED) is 0.275. The van der Waals surface area contributed by atoms with E-state index in [4.69, 9.17) is 0 Å². The summed E-state index contributed by atoms with van der Waals surface area (Å²) >= 11 is 0. The van der Waals surface area contributed by atoms with Gasteiger partial charge in [-0.2, -0.15) is 5.10 Å². The van der Waals surface area contributed by atoms with E-state index in [2.05, 4.69) is 56.8 Å². The van der Waals surface area contributed by atoms with E-state index in [0.29, 0.717) is 0 Å². The summed E-state index contributed by atoms with van der Waals surface area (Å²) < 4.78 is 1.95. The Morgan fingerprint density at radius 2 is 2.07 bits per heavy atom. The molecule has 0 aliphatic carbocycles.